The van der Waals surface area contributed by atoms with Gasteiger partial charge in [-0.2, -0.15) is 18.4 Å². The molecule has 0 aromatic carbocycles. The van der Waals surface area contributed by atoms with Gasteiger partial charge in [0.1, 0.15) is 17.3 Å². The Morgan fingerprint density at radius 1 is 1.45 bits per heavy atom. The second-order valence-corrected chi connectivity index (χ2v) is 4.00. The number of hydrogen-bond donors (Lipinski definition) is 1. The van der Waals surface area contributed by atoms with E-state index in [0.717, 1.165) is 18.3 Å². The van der Waals surface area contributed by atoms with Crippen molar-refractivity contribution in [3.63, 3.8) is 0 Å². The molecule has 1 amide bonds. The van der Waals surface area contributed by atoms with Crippen LogP contribution in [0.25, 0.3) is 0 Å². The minimum absolute atomic E-state index is 0.0721. The van der Waals surface area contributed by atoms with Crippen molar-refractivity contribution in [3.05, 3.63) is 35.8 Å². The Morgan fingerprint density at radius 2 is 2.10 bits per heavy atom. The van der Waals surface area contributed by atoms with Crippen LogP contribution >= 0.6 is 0 Å². The number of halogens is 3. The molecule has 0 radical (unpaired) electrons. The molecule has 0 aliphatic carbocycles. The standard InChI is InChI=1S/C12H11F3N4O/c1-19(2)7-8(5-16)11(20)18-9-3-4-10(17-6-9)12(13,14)15/h3-4,6-7H,1-2H3,(H,18,20). The van der Waals surface area contributed by atoms with Crippen LogP contribution in [-0.2, 0) is 11.0 Å². The first-order valence-electron chi connectivity index (χ1n) is 5.37. The molecule has 0 saturated heterocycles. The quantitative estimate of drug-likeness (QED) is 0.681. The number of pyridine rings is 1. The molecule has 0 aliphatic heterocycles. The molecular formula is C12H11F3N4O. The van der Waals surface area contributed by atoms with E-state index in [1.165, 1.54) is 11.1 Å². The van der Waals surface area contributed by atoms with Gasteiger partial charge in [0.05, 0.1) is 11.9 Å². The van der Waals surface area contributed by atoms with Gasteiger partial charge >= 0.3 is 6.18 Å². The van der Waals surface area contributed by atoms with E-state index in [4.69, 9.17) is 5.26 Å². The summed E-state index contributed by atoms with van der Waals surface area (Å²) in [5.74, 6) is -0.720. The SMILES string of the molecule is CN(C)C=C(C#N)C(=O)Nc1ccc(C(F)(F)F)nc1. The molecule has 106 valence electrons. The first kappa shape index (κ1) is 15.5. The van der Waals surface area contributed by atoms with Crippen LogP contribution in [0, 0.1) is 11.3 Å². The Morgan fingerprint density at radius 3 is 2.50 bits per heavy atom. The second-order valence-electron chi connectivity index (χ2n) is 4.00. The zero-order chi connectivity index (χ0) is 15.3. The fraction of sp³-hybridized carbons (Fsp3) is 0.250. The molecule has 0 bridgehead atoms. The van der Waals surface area contributed by atoms with E-state index in [9.17, 15) is 18.0 Å². The van der Waals surface area contributed by atoms with Gasteiger partial charge in [-0.25, -0.2) is 4.98 Å². The number of amides is 1. The molecule has 0 spiro atoms. The predicted molar refractivity (Wildman–Crippen MR) is 65.3 cm³/mol. The van der Waals surface area contributed by atoms with Crippen molar-refractivity contribution in [1.82, 2.24) is 9.88 Å². The van der Waals surface area contributed by atoms with Gasteiger partial charge in [0.25, 0.3) is 5.91 Å². The zero-order valence-electron chi connectivity index (χ0n) is 10.7. The van der Waals surface area contributed by atoms with Crippen LogP contribution in [0.4, 0.5) is 18.9 Å². The predicted octanol–water partition coefficient (Wildman–Crippen LogP) is 2.01. The van der Waals surface area contributed by atoms with Crippen molar-refractivity contribution >= 4 is 11.6 Å². The smallest absolute Gasteiger partial charge is 0.382 e. The van der Waals surface area contributed by atoms with Gasteiger partial charge in [0.15, 0.2) is 0 Å². The van der Waals surface area contributed by atoms with Crippen molar-refractivity contribution in [1.29, 1.82) is 5.26 Å². The molecule has 1 aromatic heterocycles. The number of nitrogens with zero attached hydrogens (tertiary/aromatic N) is 3. The summed E-state index contributed by atoms with van der Waals surface area (Å²) in [7, 11) is 3.26. The highest BCUT2D eigenvalue weighted by molar-refractivity contribution is 6.06. The van der Waals surface area contributed by atoms with Crippen LogP contribution < -0.4 is 5.32 Å². The Kier molecular flexibility index (Phi) is 4.69. The topological polar surface area (TPSA) is 69.0 Å². The molecule has 1 aromatic rings. The zero-order valence-corrected chi connectivity index (χ0v) is 10.7. The molecule has 20 heavy (non-hydrogen) atoms. The summed E-state index contributed by atoms with van der Waals surface area (Å²) in [6.45, 7) is 0. The Labute approximate surface area is 113 Å². The second kappa shape index (κ2) is 6.06. The lowest BCUT2D eigenvalue weighted by Crippen LogP contribution is -2.17. The minimum Gasteiger partial charge on any atom is -0.382 e. The third-order valence-corrected chi connectivity index (χ3v) is 2.06. The average molecular weight is 284 g/mol. The van der Waals surface area contributed by atoms with E-state index in [-0.39, 0.29) is 11.3 Å². The average Bonchev–Trinajstić information content (AvgIpc) is 2.35. The molecule has 5 nitrogen and oxygen atoms in total. The third-order valence-electron chi connectivity index (χ3n) is 2.06. The van der Waals surface area contributed by atoms with Gasteiger partial charge in [0.2, 0.25) is 0 Å². The maximum Gasteiger partial charge on any atom is 0.433 e. The van der Waals surface area contributed by atoms with E-state index in [1.54, 1.807) is 20.2 Å². The highest BCUT2D eigenvalue weighted by atomic mass is 19.4. The maximum absolute atomic E-state index is 12.3. The van der Waals surface area contributed by atoms with Crippen molar-refractivity contribution in [3.8, 4) is 6.07 Å². The number of hydrogen-bond acceptors (Lipinski definition) is 4. The maximum atomic E-state index is 12.3. The van der Waals surface area contributed by atoms with E-state index < -0.39 is 17.8 Å². The van der Waals surface area contributed by atoms with E-state index >= 15 is 0 Å². The Bertz CT molecular complexity index is 556. The summed E-state index contributed by atoms with van der Waals surface area (Å²) in [5, 5.41) is 11.1. The van der Waals surface area contributed by atoms with Crippen LogP contribution in [0.1, 0.15) is 5.69 Å². The molecular weight excluding hydrogens is 273 g/mol. The van der Waals surface area contributed by atoms with Crippen molar-refractivity contribution in [2.24, 2.45) is 0 Å². The molecule has 0 unspecified atom stereocenters. The summed E-state index contributed by atoms with van der Waals surface area (Å²) in [6.07, 6.45) is -2.36. The van der Waals surface area contributed by atoms with Crippen molar-refractivity contribution in [2.45, 2.75) is 6.18 Å². The summed E-state index contributed by atoms with van der Waals surface area (Å²) in [6, 6.07) is 3.51. The lowest BCUT2D eigenvalue weighted by Gasteiger charge is -2.09. The molecule has 0 aliphatic rings. The van der Waals surface area contributed by atoms with E-state index in [2.05, 4.69) is 10.3 Å². The van der Waals surface area contributed by atoms with Gasteiger partial charge in [0, 0.05) is 20.3 Å². The van der Waals surface area contributed by atoms with Gasteiger partial charge in [-0.05, 0) is 12.1 Å². The van der Waals surface area contributed by atoms with Crippen LogP contribution in [0.3, 0.4) is 0 Å². The number of rotatable bonds is 3. The highest BCUT2D eigenvalue weighted by Gasteiger charge is 2.32. The number of anilines is 1. The summed E-state index contributed by atoms with van der Waals surface area (Å²) >= 11 is 0. The van der Waals surface area contributed by atoms with E-state index in [0.29, 0.717) is 0 Å². The lowest BCUT2D eigenvalue weighted by molar-refractivity contribution is -0.141. The van der Waals surface area contributed by atoms with Crippen molar-refractivity contribution in [2.75, 3.05) is 19.4 Å². The number of carbonyl (C=O) groups excluding carboxylic acids is 1. The fourth-order valence-corrected chi connectivity index (χ4v) is 1.23. The Hall–Kier alpha value is -2.56. The van der Waals surface area contributed by atoms with Crippen LogP contribution in [-0.4, -0.2) is 29.9 Å². The minimum atomic E-state index is -4.54. The number of carbonyl (C=O) groups is 1. The van der Waals surface area contributed by atoms with Crippen LogP contribution in [0.15, 0.2) is 30.1 Å². The largest absolute Gasteiger partial charge is 0.433 e. The third kappa shape index (κ3) is 4.28. The molecule has 1 rings (SSSR count). The number of alkyl halides is 3. The number of nitrogens with one attached hydrogen (secondary N) is 1. The van der Waals surface area contributed by atoms with E-state index in [1.807, 2.05) is 0 Å². The van der Waals surface area contributed by atoms with Crippen molar-refractivity contribution < 1.29 is 18.0 Å². The van der Waals surface area contributed by atoms with Gasteiger partial charge in [-0.3, -0.25) is 4.79 Å². The van der Waals surface area contributed by atoms with Gasteiger partial charge < -0.3 is 10.2 Å². The van der Waals surface area contributed by atoms with Gasteiger partial charge in [-0.15, -0.1) is 0 Å². The molecule has 1 heterocycles. The molecule has 0 saturated carbocycles. The fourth-order valence-electron chi connectivity index (χ4n) is 1.23. The number of nitriles is 1. The normalized spacial score (nSPS) is 11.7. The van der Waals surface area contributed by atoms with Crippen LogP contribution in [0.2, 0.25) is 0 Å². The Balaban J connectivity index is 2.84. The molecule has 1 N–H and O–H groups in total. The molecule has 0 atom stereocenters. The summed E-state index contributed by atoms with van der Waals surface area (Å²) in [4.78, 5) is 16.4. The van der Waals surface area contributed by atoms with Gasteiger partial charge in [-0.1, -0.05) is 0 Å². The molecule has 8 heteroatoms. The molecule has 0 fully saturated rings. The summed E-state index contributed by atoms with van der Waals surface area (Å²) < 4.78 is 36.9. The first-order valence-corrected chi connectivity index (χ1v) is 5.37. The summed E-state index contributed by atoms with van der Waals surface area (Å²) in [5.41, 5.74) is -1.15. The lowest BCUT2D eigenvalue weighted by atomic mass is 10.2. The monoisotopic (exact) mass is 284 g/mol. The highest BCUT2D eigenvalue weighted by Crippen LogP contribution is 2.27. The van der Waals surface area contributed by atoms with Crippen LogP contribution in [0.5, 0.6) is 0 Å². The first-order chi connectivity index (χ1) is 9.24. The number of aromatic nitrogens is 1.